The van der Waals surface area contributed by atoms with Gasteiger partial charge in [0.1, 0.15) is 0 Å². The van der Waals surface area contributed by atoms with Crippen molar-refractivity contribution in [2.75, 3.05) is 33.7 Å². The van der Waals surface area contributed by atoms with Crippen molar-refractivity contribution in [2.45, 2.75) is 19.4 Å². The van der Waals surface area contributed by atoms with Crippen LogP contribution in [0.5, 0.6) is 0 Å². The SMILES string of the molecule is CN(C)C(CNC(=O)C1(C)CCNC1)c1cccs1. The molecule has 5 heteroatoms. The van der Waals surface area contributed by atoms with Crippen LogP contribution in [0.1, 0.15) is 24.3 Å². The van der Waals surface area contributed by atoms with Crippen LogP contribution >= 0.6 is 11.3 Å². The largest absolute Gasteiger partial charge is 0.354 e. The lowest BCUT2D eigenvalue weighted by Gasteiger charge is -2.27. The summed E-state index contributed by atoms with van der Waals surface area (Å²) in [4.78, 5) is 15.7. The third kappa shape index (κ3) is 3.35. The molecular formula is C14H23N3OS. The molecule has 0 saturated carbocycles. The standard InChI is InChI=1S/C14H23N3OS/c1-14(6-7-15-10-14)13(18)16-9-11(17(2)3)12-5-4-8-19-12/h4-5,8,11,15H,6-7,9-10H2,1-3H3,(H,16,18). The van der Waals surface area contributed by atoms with E-state index in [0.717, 1.165) is 19.5 Å². The molecule has 1 fully saturated rings. The molecule has 0 aromatic carbocycles. The zero-order chi connectivity index (χ0) is 13.9. The summed E-state index contributed by atoms with van der Waals surface area (Å²) in [6.07, 6.45) is 0.921. The minimum Gasteiger partial charge on any atom is -0.354 e. The van der Waals surface area contributed by atoms with Gasteiger partial charge >= 0.3 is 0 Å². The molecule has 2 atom stereocenters. The van der Waals surface area contributed by atoms with Crippen LogP contribution in [0.3, 0.4) is 0 Å². The Kier molecular flexibility index (Phi) is 4.60. The molecular weight excluding hydrogens is 258 g/mol. The van der Waals surface area contributed by atoms with Crippen LogP contribution in [0.25, 0.3) is 0 Å². The Morgan fingerprint density at radius 2 is 2.42 bits per heavy atom. The van der Waals surface area contributed by atoms with Gasteiger partial charge in [-0.25, -0.2) is 0 Å². The zero-order valence-electron chi connectivity index (χ0n) is 11.9. The Morgan fingerprint density at radius 3 is 2.95 bits per heavy atom. The Balaban J connectivity index is 1.94. The highest BCUT2D eigenvalue weighted by atomic mass is 32.1. The van der Waals surface area contributed by atoms with E-state index in [1.54, 1.807) is 11.3 Å². The molecule has 2 N–H and O–H groups in total. The molecule has 1 aromatic heterocycles. The van der Waals surface area contributed by atoms with E-state index in [0.29, 0.717) is 6.54 Å². The molecule has 2 rings (SSSR count). The number of hydrogen-bond acceptors (Lipinski definition) is 4. The summed E-state index contributed by atoms with van der Waals surface area (Å²) in [5.74, 6) is 0.168. The first-order valence-electron chi connectivity index (χ1n) is 6.72. The molecule has 1 amide bonds. The summed E-state index contributed by atoms with van der Waals surface area (Å²) in [6.45, 7) is 4.43. The fourth-order valence-electron chi connectivity index (χ4n) is 2.43. The minimum atomic E-state index is -0.244. The summed E-state index contributed by atoms with van der Waals surface area (Å²) in [6, 6.07) is 4.43. The van der Waals surface area contributed by atoms with E-state index >= 15 is 0 Å². The van der Waals surface area contributed by atoms with Crippen LogP contribution in [0, 0.1) is 5.41 Å². The molecule has 19 heavy (non-hydrogen) atoms. The highest BCUT2D eigenvalue weighted by Crippen LogP contribution is 2.26. The predicted molar refractivity (Wildman–Crippen MR) is 79.4 cm³/mol. The van der Waals surface area contributed by atoms with Crippen LogP contribution in [0.4, 0.5) is 0 Å². The first-order chi connectivity index (χ1) is 9.03. The number of likely N-dealkylation sites (N-methyl/N-ethyl adjacent to an activating group) is 1. The molecule has 2 heterocycles. The normalized spacial score (nSPS) is 24.6. The molecule has 0 radical (unpaired) electrons. The van der Waals surface area contributed by atoms with Gasteiger partial charge in [-0.3, -0.25) is 4.79 Å². The Bertz CT molecular complexity index is 410. The van der Waals surface area contributed by atoms with Crippen LogP contribution in [0.15, 0.2) is 17.5 Å². The van der Waals surface area contributed by atoms with Crippen LogP contribution < -0.4 is 10.6 Å². The van der Waals surface area contributed by atoms with Gasteiger partial charge in [-0.05, 0) is 45.4 Å². The highest BCUT2D eigenvalue weighted by Gasteiger charge is 2.36. The summed E-state index contributed by atoms with van der Waals surface area (Å²) in [5, 5.41) is 8.46. The van der Waals surface area contributed by atoms with Crippen molar-refractivity contribution in [3.05, 3.63) is 22.4 Å². The van der Waals surface area contributed by atoms with Crippen LogP contribution in [0.2, 0.25) is 0 Å². The second kappa shape index (κ2) is 6.03. The maximum Gasteiger partial charge on any atom is 0.227 e. The molecule has 1 aromatic rings. The van der Waals surface area contributed by atoms with E-state index in [-0.39, 0.29) is 17.4 Å². The van der Waals surface area contributed by atoms with Gasteiger partial charge < -0.3 is 15.5 Å². The summed E-state index contributed by atoms with van der Waals surface area (Å²) < 4.78 is 0. The molecule has 1 aliphatic heterocycles. The number of carbonyl (C=O) groups is 1. The van der Waals surface area contributed by atoms with Crippen molar-refractivity contribution < 1.29 is 4.79 Å². The number of amides is 1. The third-order valence-electron chi connectivity index (χ3n) is 3.87. The van der Waals surface area contributed by atoms with Gasteiger partial charge in [-0.1, -0.05) is 6.07 Å². The van der Waals surface area contributed by atoms with Crippen molar-refractivity contribution in [3.63, 3.8) is 0 Å². The van der Waals surface area contributed by atoms with E-state index in [4.69, 9.17) is 0 Å². The van der Waals surface area contributed by atoms with E-state index < -0.39 is 0 Å². The molecule has 4 nitrogen and oxygen atoms in total. The summed E-state index contributed by atoms with van der Waals surface area (Å²) >= 11 is 1.74. The van der Waals surface area contributed by atoms with Gasteiger partial charge in [-0.15, -0.1) is 11.3 Å². The van der Waals surface area contributed by atoms with Crippen molar-refractivity contribution in [1.82, 2.24) is 15.5 Å². The van der Waals surface area contributed by atoms with Gasteiger partial charge in [0.05, 0.1) is 11.5 Å². The monoisotopic (exact) mass is 281 g/mol. The molecule has 106 valence electrons. The van der Waals surface area contributed by atoms with Crippen LogP contribution in [-0.4, -0.2) is 44.5 Å². The van der Waals surface area contributed by atoms with Gasteiger partial charge in [0.25, 0.3) is 0 Å². The quantitative estimate of drug-likeness (QED) is 0.859. The second-order valence-corrected chi connectivity index (χ2v) is 6.67. The molecule has 1 saturated heterocycles. The lowest BCUT2D eigenvalue weighted by Crippen LogP contribution is -2.43. The van der Waals surface area contributed by atoms with Crippen molar-refractivity contribution in [2.24, 2.45) is 5.41 Å². The topological polar surface area (TPSA) is 44.4 Å². The van der Waals surface area contributed by atoms with Gasteiger partial charge in [-0.2, -0.15) is 0 Å². The van der Waals surface area contributed by atoms with Crippen LogP contribution in [-0.2, 0) is 4.79 Å². The molecule has 1 aliphatic rings. The van der Waals surface area contributed by atoms with Gasteiger partial charge in [0, 0.05) is 18.0 Å². The fourth-order valence-corrected chi connectivity index (χ4v) is 3.35. The van der Waals surface area contributed by atoms with E-state index in [1.165, 1.54) is 4.88 Å². The Hall–Kier alpha value is -0.910. The molecule has 0 bridgehead atoms. The first-order valence-corrected chi connectivity index (χ1v) is 7.60. The summed E-state index contributed by atoms with van der Waals surface area (Å²) in [7, 11) is 4.10. The number of thiophene rings is 1. The zero-order valence-corrected chi connectivity index (χ0v) is 12.7. The lowest BCUT2D eigenvalue weighted by molar-refractivity contribution is -0.129. The number of nitrogens with zero attached hydrogens (tertiary/aromatic N) is 1. The maximum absolute atomic E-state index is 12.3. The number of rotatable bonds is 5. The first kappa shape index (κ1) is 14.5. The molecule has 0 aliphatic carbocycles. The van der Waals surface area contributed by atoms with E-state index in [2.05, 4.69) is 47.1 Å². The van der Waals surface area contributed by atoms with E-state index in [9.17, 15) is 4.79 Å². The summed E-state index contributed by atoms with van der Waals surface area (Å²) in [5.41, 5.74) is -0.244. The van der Waals surface area contributed by atoms with Gasteiger partial charge in [0.2, 0.25) is 5.91 Å². The smallest absolute Gasteiger partial charge is 0.227 e. The molecule has 0 spiro atoms. The van der Waals surface area contributed by atoms with Crippen molar-refractivity contribution >= 4 is 17.2 Å². The number of nitrogens with one attached hydrogen (secondary N) is 2. The second-order valence-electron chi connectivity index (χ2n) is 5.69. The average Bonchev–Trinajstić information content (AvgIpc) is 3.01. The average molecular weight is 281 g/mol. The number of carbonyl (C=O) groups excluding carboxylic acids is 1. The Labute approximate surface area is 119 Å². The predicted octanol–water partition coefficient (Wildman–Crippen LogP) is 1.47. The van der Waals surface area contributed by atoms with Gasteiger partial charge in [0.15, 0.2) is 0 Å². The Morgan fingerprint density at radius 1 is 1.63 bits per heavy atom. The fraction of sp³-hybridized carbons (Fsp3) is 0.643. The third-order valence-corrected chi connectivity index (χ3v) is 4.84. The minimum absolute atomic E-state index is 0.168. The maximum atomic E-state index is 12.3. The lowest BCUT2D eigenvalue weighted by atomic mass is 9.89. The highest BCUT2D eigenvalue weighted by molar-refractivity contribution is 7.10. The number of hydrogen-bond donors (Lipinski definition) is 2. The molecule has 2 unspecified atom stereocenters. The van der Waals surface area contributed by atoms with Crippen molar-refractivity contribution in [1.29, 1.82) is 0 Å². The van der Waals surface area contributed by atoms with E-state index in [1.807, 2.05) is 6.92 Å². The van der Waals surface area contributed by atoms with Crippen molar-refractivity contribution in [3.8, 4) is 0 Å².